The number of carbonyl (C=O) groups excluding carboxylic acids is 1. The fourth-order valence-corrected chi connectivity index (χ4v) is 2.02. The van der Waals surface area contributed by atoms with Crippen LogP contribution < -0.4 is 10.6 Å². The zero-order valence-electron chi connectivity index (χ0n) is 11.1. The molecule has 0 aliphatic heterocycles. The van der Waals surface area contributed by atoms with Gasteiger partial charge in [0.1, 0.15) is 5.82 Å². The summed E-state index contributed by atoms with van der Waals surface area (Å²) < 4.78 is 0. The highest BCUT2D eigenvalue weighted by Crippen LogP contribution is 2.47. The molecule has 0 unspecified atom stereocenters. The molecule has 1 aliphatic carbocycles. The molecule has 1 saturated carbocycles. The highest BCUT2D eigenvalue weighted by Gasteiger charge is 2.40. The van der Waals surface area contributed by atoms with E-state index in [0.29, 0.717) is 11.0 Å². The molecule has 0 radical (unpaired) electrons. The third-order valence-corrected chi connectivity index (χ3v) is 3.71. The van der Waals surface area contributed by atoms with Crippen LogP contribution in [-0.4, -0.2) is 24.0 Å². The van der Waals surface area contributed by atoms with Crippen molar-refractivity contribution in [3.05, 3.63) is 23.9 Å². The third kappa shape index (κ3) is 3.00. The lowest BCUT2D eigenvalue weighted by atomic mass is 10.0. The summed E-state index contributed by atoms with van der Waals surface area (Å²) in [4.78, 5) is 16.1. The number of rotatable bonds is 6. The molecule has 1 aromatic rings. The van der Waals surface area contributed by atoms with Crippen LogP contribution >= 0.6 is 0 Å². The lowest BCUT2D eigenvalue weighted by Crippen LogP contribution is -2.30. The second-order valence-electron chi connectivity index (χ2n) is 5.00. The van der Waals surface area contributed by atoms with Crippen molar-refractivity contribution in [3.63, 3.8) is 0 Å². The first kappa shape index (κ1) is 12.9. The van der Waals surface area contributed by atoms with Gasteiger partial charge < -0.3 is 10.6 Å². The fourth-order valence-electron chi connectivity index (χ4n) is 2.02. The van der Waals surface area contributed by atoms with E-state index in [4.69, 9.17) is 0 Å². The second kappa shape index (κ2) is 5.38. The predicted molar refractivity (Wildman–Crippen MR) is 72.7 cm³/mol. The second-order valence-corrected chi connectivity index (χ2v) is 5.00. The van der Waals surface area contributed by atoms with Crippen LogP contribution in [0, 0.1) is 5.41 Å². The van der Waals surface area contributed by atoms with Crippen LogP contribution in [0.3, 0.4) is 0 Å². The molecule has 1 fully saturated rings. The van der Waals surface area contributed by atoms with E-state index in [9.17, 15) is 4.79 Å². The van der Waals surface area contributed by atoms with Crippen molar-refractivity contribution in [2.45, 2.75) is 33.1 Å². The number of amides is 1. The van der Waals surface area contributed by atoms with Crippen LogP contribution in [-0.2, 0) is 0 Å². The quantitative estimate of drug-likeness (QED) is 0.811. The minimum Gasteiger partial charge on any atom is -0.370 e. The van der Waals surface area contributed by atoms with Crippen molar-refractivity contribution in [2.24, 2.45) is 5.41 Å². The number of carbonyl (C=O) groups is 1. The van der Waals surface area contributed by atoms with Crippen molar-refractivity contribution in [1.82, 2.24) is 10.3 Å². The Balaban J connectivity index is 1.88. The largest absolute Gasteiger partial charge is 0.370 e. The standard InChI is InChI=1S/C14H21N3O/c1-3-14(7-8-14)10-17-13(18)11-5-6-12(15-4-2)16-9-11/h5-6,9H,3-4,7-8,10H2,1-2H3,(H,15,16)(H,17,18). The first-order valence-corrected chi connectivity index (χ1v) is 6.67. The lowest BCUT2D eigenvalue weighted by molar-refractivity contribution is 0.0944. The van der Waals surface area contributed by atoms with E-state index in [-0.39, 0.29) is 5.91 Å². The van der Waals surface area contributed by atoms with Gasteiger partial charge in [-0.25, -0.2) is 4.98 Å². The van der Waals surface area contributed by atoms with Crippen LogP contribution in [0.5, 0.6) is 0 Å². The zero-order chi connectivity index (χ0) is 13.0. The SMILES string of the molecule is CCNc1ccc(C(=O)NCC2(CC)CC2)cn1. The molecule has 98 valence electrons. The van der Waals surface area contributed by atoms with Gasteiger partial charge in [0.15, 0.2) is 0 Å². The van der Waals surface area contributed by atoms with Gasteiger partial charge in [-0.05, 0) is 43.7 Å². The van der Waals surface area contributed by atoms with Gasteiger partial charge in [0, 0.05) is 19.3 Å². The average molecular weight is 247 g/mol. The molecule has 0 spiro atoms. The molecule has 0 saturated heterocycles. The van der Waals surface area contributed by atoms with E-state index in [1.54, 1.807) is 6.20 Å². The van der Waals surface area contributed by atoms with Crippen molar-refractivity contribution in [1.29, 1.82) is 0 Å². The van der Waals surface area contributed by atoms with Gasteiger partial charge in [0.25, 0.3) is 5.91 Å². The summed E-state index contributed by atoms with van der Waals surface area (Å²) in [6.07, 6.45) is 5.24. The Morgan fingerprint density at radius 3 is 2.67 bits per heavy atom. The van der Waals surface area contributed by atoms with Crippen molar-refractivity contribution < 1.29 is 4.79 Å². The highest BCUT2D eigenvalue weighted by atomic mass is 16.1. The highest BCUT2D eigenvalue weighted by molar-refractivity contribution is 5.94. The molecular weight excluding hydrogens is 226 g/mol. The Morgan fingerprint density at radius 1 is 1.39 bits per heavy atom. The van der Waals surface area contributed by atoms with Crippen LogP contribution in [0.15, 0.2) is 18.3 Å². The number of hydrogen-bond acceptors (Lipinski definition) is 3. The maximum atomic E-state index is 11.9. The Kier molecular flexibility index (Phi) is 3.84. The number of pyridine rings is 1. The molecule has 4 heteroatoms. The molecule has 1 aromatic heterocycles. The minimum atomic E-state index is -0.0229. The monoisotopic (exact) mass is 247 g/mol. The summed E-state index contributed by atoms with van der Waals surface area (Å²) in [6.45, 7) is 5.82. The van der Waals surface area contributed by atoms with Crippen LogP contribution in [0.1, 0.15) is 43.5 Å². The predicted octanol–water partition coefficient (Wildman–Crippen LogP) is 2.43. The van der Waals surface area contributed by atoms with E-state index >= 15 is 0 Å². The van der Waals surface area contributed by atoms with Gasteiger partial charge in [-0.2, -0.15) is 0 Å². The lowest BCUT2D eigenvalue weighted by Gasteiger charge is -2.13. The van der Waals surface area contributed by atoms with E-state index in [1.807, 2.05) is 19.1 Å². The van der Waals surface area contributed by atoms with Crippen LogP contribution in [0.4, 0.5) is 5.82 Å². The Morgan fingerprint density at radius 2 is 2.17 bits per heavy atom. The first-order valence-electron chi connectivity index (χ1n) is 6.67. The molecular formula is C14H21N3O. The van der Waals surface area contributed by atoms with Crippen LogP contribution in [0.25, 0.3) is 0 Å². The van der Waals surface area contributed by atoms with Crippen molar-refractivity contribution >= 4 is 11.7 Å². The summed E-state index contributed by atoms with van der Waals surface area (Å²) in [5, 5.41) is 6.11. The molecule has 2 N–H and O–H groups in total. The number of aromatic nitrogens is 1. The van der Waals surface area contributed by atoms with Gasteiger partial charge in [0.05, 0.1) is 5.56 Å². The smallest absolute Gasteiger partial charge is 0.252 e. The number of nitrogens with zero attached hydrogens (tertiary/aromatic N) is 1. The Bertz CT molecular complexity index is 410. The fraction of sp³-hybridized carbons (Fsp3) is 0.571. The third-order valence-electron chi connectivity index (χ3n) is 3.71. The molecule has 0 aromatic carbocycles. The topological polar surface area (TPSA) is 54.0 Å². The molecule has 0 bridgehead atoms. The summed E-state index contributed by atoms with van der Waals surface area (Å²) in [6, 6.07) is 3.65. The molecule has 1 heterocycles. The molecule has 4 nitrogen and oxygen atoms in total. The first-order chi connectivity index (χ1) is 8.69. The van der Waals surface area contributed by atoms with E-state index in [0.717, 1.165) is 25.3 Å². The van der Waals surface area contributed by atoms with E-state index in [2.05, 4.69) is 22.5 Å². The molecule has 18 heavy (non-hydrogen) atoms. The summed E-state index contributed by atoms with van der Waals surface area (Å²) in [7, 11) is 0. The summed E-state index contributed by atoms with van der Waals surface area (Å²) in [5.41, 5.74) is 1.01. The summed E-state index contributed by atoms with van der Waals surface area (Å²) >= 11 is 0. The minimum absolute atomic E-state index is 0.0229. The molecule has 0 atom stereocenters. The molecule has 1 aliphatic rings. The average Bonchev–Trinajstić information content (AvgIpc) is 3.18. The zero-order valence-corrected chi connectivity index (χ0v) is 11.1. The van der Waals surface area contributed by atoms with Gasteiger partial charge in [-0.1, -0.05) is 6.92 Å². The molecule has 2 rings (SSSR count). The Labute approximate surface area is 108 Å². The molecule has 1 amide bonds. The van der Waals surface area contributed by atoms with Crippen LogP contribution in [0.2, 0.25) is 0 Å². The number of anilines is 1. The number of nitrogens with one attached hydrogen (secondary N) is 2. The summed E-state index contributed by atoms with van der Waals surface area (Å²) in [5.74, 6) is 0.784. The normalized spacial score (nSPS) is 16.1. The van der Waals surface area contributed by atoms with Crippen molar-refractivity contribution in [3.8, 4) is 0 Å². The Hall–Kier alpha value is -1.58. The van der Waals surface area contributed by atoms with Gasteiger partial charge >= 0.3 is 0 Å². The number of hydrogen-bond donors (Lipinski definition) is 2. The van der Waals surface area contributed by atoms with Crippen molar-refractivity contribution in [2.75, 3.05) is 18.4 Å². The maximum absolute atomic E-state index is 11.9. The van der Waals surface area contributed by atoms with Gasteiger partial charge in [-0.15, -0.1) is 0 Å². The maximum Gasteiger partial charge on any atom is 0.252 e. The van der Waals surface area contributed by atoms with E-state index < -0.39 is 0 Å². The van der Waals surface area contributed by atoms with E-state index in [1.165, 1.54) is 12.8 Å². The van der Waals surface area contributed by atoms with Gasteiger partial charge in [-0.3, -0.25) is 4.79 Å². The van der Waals surface area contributed by atoms with Gasteiger partial charge in [0.2, 0.25) is 0 Å².